The van der Waals surface area contributed by atoms with E-state index in [9.17, 15) is 13.6 Å². The molecule has 0 saturated heterocycles. The first-order chi connectivity index (χ1) is 18.1. The van der Waals surface area contributed by atoms with Crippen LogP contribution in [0.3, 0.4) is 0 Å². The zero-order valence-corrected chi connectivity index (χ0v) is 21.9. The summed E-state index contributed by atoms with van der Waals surface area (Å²) in [5.41, 5.74) is 11.6. The molecule has 2 heterocycles. The molecule has 4 aromatic rings. The van der Waals surface area contributed by atoms with E-state index < -0.39 is 12.2 Å². The lowest BCUT2D eigenvalue weighted by molar-refractivity contribution is -0.0498. The minimum atomic E-state index is -3.05. The van der Waals surface area contributed by atoms with E-state index in [-0.39, 0.29) is 23.0 Å². The Bertz CT molecular complexity index is 1510. The summed E-state index contributed by atoms with van der Waals surface area (Å²) in [5, 5.41) is 0. The summed E-state index contributed by atoms with van der Waals surface area (Å²) in [4.78, 5) is 23.8. The Hall–Kier alpha value is -3.69. The van der Waals surface area contributed by atoms with Gasteiger partial charge in [-0.15, -0.1) is 0 Å². The van der Waals surface area contributed by atoms with Crippen LogP contribution in [0.25, 0.3) is 27.8 Å². The van der Waals surface area contributed by atoms with E-state index >= 15 is 0 Å². The summed E-state index contributed by atoms with van der Waals surface area (Å²) in [7, 11) is 3.87. The lowest BCUT2D eigenvalue weighted by Crippen LogP contribution is -2.30. The number of aryl methyl sites for hydroxylation is 1. The van der Waals surface area contributed by atoms with Crippen LogP contribution in [0.15, 0.2) is 48.7 Å². The number of carbonyl (C=O) groups is 1. The minimum Gasteiger partial charge on any atom is -0.433 e. The Morgan fingerprint density at radius 3 is 2.68 bits per heavy atom. The third kappa shape index (κ3) is 4.46. The number of hydrogen-bond acceptors (Lipinski definition) is 6. The number of rotatable bonds is 8. The van der Waals surface area contributed by atoms with Crippen LogP contribution in [0.2, 0.25) is 0 Å². The molecule has 0 saturated carbocycles. The van der Waals surface area contributed by atoms with Crippen molar-refractivity contribution in [3.05, 3.63) is 71.3 Å². The van der Waals surface area contributed by atoms with Gasteiger partial charge < -0.3 is 10.5 Å². The van der Waals surface area contributed by atoms with E-state index in [0.29, 0.717) is 29.6 Å². The van der Waals surface area contributed by atoms with Gasteiger partial charge >= 0.3 is 6.61 Å². The first-order valence-electron chi connectivity index (χ1n) is 12.7. The maximum Gasteiger partial charge on any atom is 0.387 e. The number of imidazole rings is 1. The highest BCUT2D eigenvalue weighted by Gasteiger charge is 2.32. The van der Waals surface area contributed by atoms with Crippen molar-refractivity contribution in [1.82, 2.24) is 19.4 Å². The van der Waals surface area contributed by atoms with Crippen molar-refractivity contribution < 1.29 is 18.3 Å². The molecular weight excluding hydrogens is 488 g/mol. The number of benzene rings is 2. The van der Waals surface area contributed by atoms with Crippen LogP contribution in [0.5, 0.6) is 5.75 Å². The number of aromatic nitrogens is 3. The van der Waals surface area contributed by atoms with Crippen LogP contribution in [-0.4, -0.2) is 46.4 Å². The van der Waals surface area contributed by atoms with Gasteiger partial charge in [0.05, 0.1) is 28.3 Å². The minimum absolute atomic E-state index is 0.0920. The van der Waals surface area contributed by atoms with E-state index in [2.05, 4.69) is 11.1 Å². The second-order valence-electron chi connectivity index (χ2n) is 10.2. The van der Waals surface area contributed by atoms with Gasteiger partial charge in [-0.1, -0.05) is 19.1 Å². The van der Waals surface area contributed by atoms with E-state index in [1.54, 1.807) is 10.6 Å². The lowest BCUT2D eigenvalue weighted by Gasteiger charge is -2.25. The van der Waals surface area contributed by atoms with Gasteiger partial charge in [-0.3, -0.25) is 19.2 Å². The summed E-state index contributed by atoms with van der Waals surface area (Å²) in [6.07, 6.45) is 4.88. The fourth-order valence-corrected chi connectivity index (χ4v) is 5.46. The number of nitrogens with two attached hydrogens (primary N) is 1. The monoisotopic (exact) mass is 519 g/mol. The molecule has 0 fully saturated rings. The molecule has 7 nitrogen and oxygen atoms in total. The summed E-state index contributed by atoms with van der Waals surface area (Å²) in [6.45, 7) is 0.977. The highest BCUT2D eigenvalue weighted by molar-refractivity contribution is 5.89. The molecule has 0 spiro atoms. The molecule has 1 aliphatic carbocycles. The first-order valence-corrected chi connectivity index (χ1v) is 12.7. The molecular formula is C29H31F2N5O2. The maximum atomic E-state index is 13.4. The zero-order valence-electron chi connectivity index (χ0n) is 21.9. The highest BCUT2D eigenvalue weighted by Crippen LogP contribution is 2.38. The van der Waals surface area contributed by atoms with E-state index in [1.807, 2.05) is 57.2 Å². The molecule has 1 unspecified atom stereocenters. The van der Waals surface area contributed by atoms with E-state index in [0.717, 1.165) is 35.2 Å². The number of fused-ring (bicyclic) bond motifs is 2. The molecule has 198 valence electrons. The van der Waals surface area contributed by atoms with Crippen LogP contribution in [0.1, 0.15) is 60.2 Å². The summed E-state index contributed by atoms with van der Waals surface area (Å²) in [6, 6.07) is 12.4. The zero-order chi connectivity index (χ0) is 27.2. The van der Waals surface area contributed by atoms with Crippen molar-refractivity contribution in [3.8, 4) is 22.6 Å². The largest absolute Gasteiger partial charge is 0.433 e. The number of alkyl halides is 2. The van der Waals surface area contributed by atoms with Crippen LogP contribution in [-0.2, 0) is 12.0 Å². The molecule has 0 amide bonds. The predicted octanol–water partition coefficient (Wildman–Crippen LogP) is 5.63. The van der Waals surface area contributed by atoms with Crippen molar-refractivity contribution in [1.29, 1.82) is 0 Å². The first kappa shape index (κ1) is 25.9. The van der Waals surface area contributed by atoms with Crippen LogP contribution < -0.4 is 10.5 Å². The molecule has 9 heteroatoms. The number of aldehydes is 1. The second-order valence-corrected chi connectivity index (χ2v) is 10.2. The Morgan fingerprint density at radius 2 is 2.00 bits per heavy atom. The van der Waals surface area contributed by atoms with Crippen molar-refractivity contribution in [2.75, 3.05) is 14.1 Å². The molecule has 38 heavy (non-hydrogen) atoms. The number of pyridine rings is 1. The molecule has 0 aliphatic heterocycles. The number of hydrogen-bond donors (Lipinski definition) is 1. The maximum absolute atomic E-state index is 13.4. The van der Waals surface area contributed by atoms with Crippen LogP contribution >= 0.6 is 0 Å². The smallest absolute Gasteiger partial charge is 0.387 e. The fourth-order valence-electron chi connectivity index (χ4n) is 5.46. The molecule has 0 radical (unpaired) electrons. The fraction of sp³-hybridized carbons (Fsp3) is 0.345. The van der Waals surface area contributed by atoms with Gasteiger partial charge in [-0.25, -0.2) is 4.98 Å². The van der Waals surface area contributed by atoms with Crippen LogP contribution in [0.4, 0.5) is 8.78 Å². The lowest BCUT2D eigenvalue weighted by atomic mass is 9.99. The topological polar surface area (TPSA) is 86.3 Å². The van der Waals surface area contributed by atoms with Crippen LogP contribution in [0, 0.1) is 0 Å². The number of ether oxygens (including phenoxy) is 1. The molecule has 0 bridgehead atoms. The molecule has 2 N–H and O–H groups in total. The average Bonchev–Trinajstić information content (AvgIpc) is 3.39. The normalized spacial score (nSPS) is 17.8. The number of para-hydroxylation sites is 1. The number of carbonyl (C=O) groups excluding carboxylic acids is 1. The highest BCUT2D eigenvalue weighted by atomic mass is 19.3. The Balaban J connectivity index is 1.77. The van der Waals surface area contributed by atoms with Gasteiger partial charge in [0.15, 0.2) is 12.0 Å². The number of halogens is 2. The Morgan fingerprint density at radius 1 is 1.21 bits per heavy atom. The third-order valence-corrected chi connectivity index (χ3v) is 7.34. The van der Waals surface area contributed by atoms with Crippen molar-refractivity contribution in [2.45, 2.75) is 51.3 Å². The molecule has 2 atom stereocenters. The third-order valence-electron chi connectivity index (χ3n) is 7.34. The quantitative estimate of drug-likeness (QED) is 0.304. The van der Waals surface area contributed by atoms with Gasteiger partial charge in [-0.2, -0.15) is 8.78 Å². The Kier molecular flexibility index (Phi) is 6.75. The van der Waals surface area contributed by atoms with Crippen molar-refractivity contribution >= 4 is 17.3 Å². The molecule has 5 rings (SSSR count). The number of nitrogens with zero attached hydrogens (tertiary/aromatic N) is 4. The van der Waals surface area contributed by atoms with E-state index in [1.165, 1.54) is 12.1 Å². The second kappa shape index (κ2) is 9.89. The van der Waals surface area contributed by atoms with Crippen molar-refractivity contribution in [2.24, 2.45) is 5.73 Å². The molecule has 1 aliphatic rings. The summed E-state index contributed by atoms with van der Waals surface area (Å²) >= 11 is 0. The molecule has 2 aromatic heterocycles. The summed E-state index contributed by atoms with van der Waals surface area (Å²) in [5.74, 6) is 0.537. The van der Waals surface area contributed by atoms with Gasteiger partial charge in [0.2, 0.25) is 0 Å². The Labute approximate surface area is 220 Å². The van der Waals surface area contributed by atoms with Gasteiger partial charge in [0, 0.05) is 17.3 Å². The van der Waals surface area contributed by atoms with Crippen molar-refractivity contribution in [3.63, 3.8) is 0 Å². The average molecular weight is 520 g/mol. The standard InChI is InChI=1S/C29H31F2N5O2/c1-5-22(35(3)4)27-34-21-10-9-17(20-13-18-11-12-29(2,32)26(18)33-15-20)14-23(21)36(27)25-19(16-37)7-6-8-24(25)38-28(30)31/h6-10,13-16,22,28H,5,11-12,32H2,1-4H3/t22?,29-/m1/s1. The molecule has 2 aromatic carbocycles. The SMILES string of the molecule is CCC(c1nc2ccc(-c3cnc4c(c3)CC[C@@]4(C)N)cc2n1-c1c(C=O)cccc1OC(F)F)N(C)C. The van der Waals surface area contributed by atoms with E-state index in [4.69, 9.17) is 15.5 Å². The van der Waals surface area contributed by atoms with Gasteiger partial charge in [0.1, 0.15) is 11.5 Å². The summed E-state index contributed by atoms with van der Waals surface area (Å²) < 4.78 is 33.6. The van der Waals surface area contributed by atoms with Gasteiger partial charge in [-0.05, 0) is 81.7 Å². The van der Waals surface area contributed by atoms with Gasteiger partial charge in [0.25, 0.3) is 0 Å². The predicted molar refractivity (Wildman–Crippen MR) is 143 cm³/mol.